The normalized spacial score (nSPS) is 28.3. The number of amides is 2. The van der Waals surface area contributed by atoms with Crippen LogP contribution in [-0.2, 0) is 9.53 Å². The van der Waals surface area contributed by atoms with E-state index in [1.807, 2.05) is 0 Å². The van der Waals surface area contributed by atoms with E-state index in [0.29, 0.717) is 32.7 Å². The molecule has 2 amide bonds. The van der Waals surface area contributed by atoms with Gasteiger partial charge in [-0.2, -0.15) is 0 Å². The summed E-state index contributed by atoms with van der Waals surface area (Å²) in [5.74, 6) is -1.31. The van der Waals surface area contributed by atoms with Crippen LogP contribution in [0.15, 0.2) is 0 Å². The predicted octanol–water partition coefficient (Wildman–Crippen LogP) is -0.404. The van der Waals surface area contributed by atoms with Gasteiger partial charge in [-0.3, -0.25) is 4.79 Å². The zero-order chi connectivity index (χ0) is 13.8. The minimum absolute atomic E-state index is 0.110. The van der Waals surface area contributed by atoms with Crippen molar-refractivity contribution in [2.75, 3.05) is 39.4 Å². The first-order valence-corrected chi connectivity index (χ1v) is 6.61. The van der Waals surface area contributed by atoms with Gasteiger partial charge in [-0.25, -0.2) is 4.79 Å². The molecule has 0 aliphatic carbocycles. The zero-order valence-corrected chi connectivity index (χ0v) is 10.8. The number of carbonyl (C=O) groups excluding carboxylic acids is 1. The highest BCUT2D eigenvalue weighted by Gasteiger charge is 2.32. The van der Waals surface area contributed by atoms with Gasteiger partial charge in [0.1, 0.15) is 0 Å². The van der Waals surface area contributed by atoms with Crippen LogP contribution in [0.3, 0.4) is 0 Å². The van der Waals surface area contributed by atoms with Gasteiger partial charge in [0.15, 0.2) is 0 Å². The van der Waals surface area contributed by atoms with Crippen molar-refractivity contribution in [2.45, 2.75) is 18.9 Å². The number of urea groups is 1. The molecule has 2 aliphatic heterocycles. The molecule has 7 nitrogen and oxygen atoms in total. The molecule has 108 valence electrons. The highest BCUT2D eigenvalue weighted by molar-refractivity contribution is 5.76. The van der Waals surface area contributed by atoms with E-state index in [4.69, 9.17) is 14.9 Å². The molecule has 2 aliphatic rings. The van der Waals surface area contributed by atoms with Gasteiger partial charge in [0.05, 0.1) is 31.8 Å². The van der Waals surface area contributed by atoms with E-state index in [2.05, 4.69) is 0 Å². The van der Waals surface area contributed by atoms with Crippen LogP contribution in [0.4, 0.5) is 4.79 Å². The largest absolute Gasteiger partial charge is 0.481 e. The number of carbonyl (C=O) groups is 2. The smallest absolute Gasteiger partial charge is 0.320 e. The Hall–Kier alpha value is -1.34. The van der Waals surface area contributed by atoms with Gasteiger partial charge in [-0.1, -0.05) is 0 Å². The number of carboxylic acids is 1. The van der Waals surface area contributed by atoms with Crippen LogP contribution in [-0.4, -0.2) is 77.5 Å². The average Bonchev–Trinajstić information content (AvgIpc) is 2.46. The van der Waals surface area contributed by atoms with E-state index in [9.17, 15) is 9.59 Å². The van der Waals surface area contributed by atoms with Gasteiger partial charge in [-0.15, -0.1) is 0 Å². The lowest BCUT2D eigenvalue weighted by molar-refractivity contribution is -0.143. The van der Waals surface area contributed by atoms with Gasteiger partial charge in [0.2, 0.25) is 0 Å². The maximum atomic E-state index is 12.3. The topological polar surface area (TPSA) is 90.3 Å². The number of aliphatic carboxylic acids is 1. The van der Waals surface area contributed by atoms with Crippen molar-refractivity contribution < 1.29 is 24.5 Å². The standard InChI is InChI=1S/C12H20N2O5/c15-8-10-7-14(4-5-19-10)12(18)13-3-1-2-9(6-13)11(16)17/h9-10,15H,1-8H2,(H,16,17)/t9-,10?/m1/s1. The van der Waals surface area contributed by atoms with E-state index in [1.165, 1.54) is 0 Å². The van der Waals surface area contributed by atoms with Crippen molar-refractivity contribution in [2.24, 2.45) is 5.92 Å². The van der Waals surface area contributed by atoms with Crippen molar-refractivity contribution in [3.63, 3.8) is 0 Å². The molecular weight excluding hydrogens is 252 g/mol. The molecule has 2 N–H and O–H groups in total. The van der Waals surface area contributed by atoms with Crippen molar-refractivity contribution in [3.05, 3.63) is 0 Å². The van der Waals surface area contributed by atoms with Crippen molar-refractivity contribution in [1.29, 1.82) is 0 Å². The summed E-state index contributed by atoms with van der Waals surface area (Å²) in [4.78, 5) is 26.5. The maximum absolute atomic E-state index is 12.3. The van der Waals surface area contributed by atoms with E-state index in [-0.39, 0.29) is 25.3 Å². The second-order valence-corrected chi connectivity index (χ2v) is 5.03. The number of rotatable bonds is 2. The van der Waals surface area contributed by atoms with Crippen LogP contribution in [0.25, 0.3) is 0 Å². The SMILES string of the molecule is O=C(O)[C@@H]1CCCN(C(=O)N2CCOC(CO)C2)C1. The van der Waals surface area contributed by atoms with Crippen LogP contribution in [0.2, 0.25) is 0 Å². The molecule has 2 atom stereocenters. The number of morpholine rings is 1. The van der Waals surface area contributed by atoms with E-state index >= 15 is 0 Å². The highest BCUT2D eigenvalue weighted by Crippen LogP contribution is 2.19. The fourth-order valence-electron chi connectivity index (χ4n) is 2.56. The number of ether oxygens (including phenoxy) is 1. The quantitative estimate of drug-likeness (QED) is 0.713. The summed E-state index contributed by atoms with van der Waals surface area (Å²) in [7, 11) is 0. The summed E-state index contributed by atoms with van der Waals surface area (Å²) in [5, 5.41) is 18.1. The molecule has 2 saturated heterocycles. The summed E-state index contributed by atoms with van der Waals surface area (Å²) >= 11 is 0. The Morgan fingerprint density at radius 2 is 1.95 bits per heavy atom. The van der Waals surface area contributed by atoms with Gasteiger partial charge < -0.3 is 24.7 Å². The number of nitrogens with zero attached hydrogens (tertiary/aromatic N) is 2. The lowest BCUT2D eigenvalue weighted by Crippen LogP contribution is -2.54. The summed E-state index contributed by atoms with van der Waals surface area (Å²) in [5.41, 5.74) is 0. The van der Waals surface area contributed by atoms with Crippen molar-refractivity contribution in [1.82, 2.24) is 9.80 Å². The molecule has 1 unspecified atom stereocenters. The third-order valence-corrected chi connectivity index (χ3v) is 3.65. The van der Waals surface area contributed by atoms with Gasteiger partial charge in [-0.05, 0) is 12.8 Å². The number of aliphatic hydroxyl groups excluding tert-OH is 1. The van der Waals surface area contributed by atoms with Crippen molar-refractivity contribution >= 4 is 12.0 Å². The zero-order valence-electron chi connectivity index (χ0n) is 10.8. The number of piperidine rings is 1. The van der Waals surface area contributed by atoms with Crippen LogP contribution in [0, 0.1) is 5.92 Å². The molecule has 0 aromatic carbocycles. The van der Waals surface area contributed by atoms with Crippen molar-refractivity contribution in [3.8, 4) is 0 Å². The monoisotopic (exact) mass is 272 g/mol. The summed E-state index contributed by atoms with van der Waals surface area (Å²) < 4.78 is 5.30. The van der Waals surface area contributed by atoms with Crippen LogP contribution < -0.4 is 0 Å². The molecule has 0 saturated carbocycles. The Bertz CT molecular complexity index is 349. The minimum Gasteiger partial charge on any atom is -0.481 e. The molecule has 2 fully saturated rings. The molecule has 2 rings (SSSR count). The van der Waals surface area contributed by atoms with Crippen LogP contribution >= 0.6 is 0 Å². The van der Waals surface area contributed by atoms with Gasteiger partial charge in [0.25, 0.3) is 0 Å². The van der Waals surface area contributed by atoms with E-state index in [1.54, 1.807) is 9.80 Å². The first kappa shape index (κ1) is 14.1. The minimum atomic E-state index is -0.840. The van der Waals surface area contributed by atoms with Crippen LogP contribution in [0.1, 0.15) is 12.8 Å². The fraction of sp³-hybridized carbons (Fsp3) is 0.833. The second kappa shape index (κ2) is 6.21. The Morgan fingerprint density at radius 3 is 2.63 bits per heavy atom. The first-order chi connectivity index (χ1) is 9.11. The Kier molecular flexibility index (Phi) is 4.60. The Morgan fingerprint density at radius 1 is 1.21 bits per heavy atom. The van der Waals surface area contributed by atoms with E-state index < -0.39 is 11.9 Å². The molecule has 0 aromatic rings. The Labute approximate surface area is 111 Å². The predicted molar refractivity (Wildman–Crippen MR) is 65.7 cm³/mol. The number of hydrogen-bond donors (Lipinski definition) is 2. The molecular formula is C12H20N2O5. The molecule has 7 heteroatoms. The average molecular weight is 272 g/mol. The fourth-order valence-corrected chi connectivity index (χ4v) is 2.56. The lowest BCUT2D eigenvalue weighted by Gasteiger charge is -2.38. The number of carboxylic acid groups (broad SMARTS) is 1. The highest BCUT2D eigenvalue weighted by atomic mass is 16.5. The van der Waals surface area contributed by atoms with E-state index in [0.717, 1.165) is 6.42 Å². The number of hydrogen-bond acceptors (Lipinski definition) is 4. The molecule has 0 aromatic heterocycles. The van der Waals surface area contributed by atoms with Gasteiger partial charge >= 0.3 is 12.0 Å². The number of likely N-dealkylation sites (tertiary alicyclic amines) is 1. The first-order valence-electron chi connectivity index (χ1n) is 6.61. The summed E-state index contributed by atoms with van der Waals surface area (Å²) in [6.07, 6.45) is 1.01. The number of aliphatic hydroxyl groups is 1. The molecule has 0 radical (unpaired) electrons. The Balaban J connectivity index is 1.93. The molecule has 2 heterocycles. The summed E-state index contributed by atoms with van der Waals surface area (Å²) in [6.45, 7) is 2.03. The lowest BCUT2D eigenvalue weighted by atomic mass is 9.98. The third kappa shape index (κ3) is 3.36. The van der Waals surface area contributed by atoms with Crippen LogP contribution in [0.5, 0.6) is 0 Å². The second-order valence-electron chi connectivity index (χ2n) is 5.03. The molecule has 0 spiro atoms. The third-order valence-electron chi connectivity index (χ3n) is 3.65. The summed E-state index contributed by atoms with van der Waals surface area (Å²) in [6, 6.07) is -0.146. The molecule has 19 heavy (non-hydrogen) atoms. The van der Waals surface area contributed by atoms with Gasteiger partial charge in [0, 0.05) is 19.6 Å². The maximum Gasteiger partial charge on any atom is 0.320 e. The molecule has 0 bridgehead atoms.